The number of piperazine rings is 1. The molecule has 2 fully saturated rings. The lowest BCUT2D eigenvalue weighted by atomic mass is 9.87. The Balaban J connectivity index is 1.31. The third kappa shape index (κ3) is 3.90. The van der Waals surface area contributed by atoms with Crippen LogP contribution in [0.2, 0.25) is 0 Å². The van der Waals surface area contributed by atoms with E-state index in [1.54, 1.807) is 12.1 Å². The number of pyridine rings is 1. The van der Waals surface area contributed by atoms with Gasteiger partial charge in [0.1, 0.15) is 11.5 Å². The van der Waals surface area contributed by atoms with Gasteiger partial charge >= 0.3 is 0 Å². The van der Waals surface area contributed by atoms with E-state index in [0.717, 1.165) is 56.2 Å². The standard InChI is InChI=1S/C23H29N5O2S/c1-24-18-14-20(15-18)28-9-8-17-6-7-22(25-23(17)28)27-12-10-26(11-13-27)19-4-3-5-21(16-19)31(2,29)30/h3-9,16,18,20,24H,10-15H2,1-2H3/t18-,20-. The molecule has 0 atom stereocenters. The first kappa shape index (κ1) is 20.3. The maximum absolute atomic E-state index is 11.9. The highest BCUT2D eigenvalue weighted by atomic mass is 32.2. The van der Waals surface area contributed by atoms with Crippen LogP contribution >= 0.6 is 0 Å². The van der Waals surface area contributed by atoms with Crippen molar-refractivity contribution in [1.82, 2.24) is 14.9 Å². The van der Waals surface area contributed by atoms with Crippen molar-refractivity contribution in [3.63, 3.8) is 0 Å². The van der Waals surface area contributed by atoms with E-state index in [0.29, 0.717) is 17.0 Å². The lowest BCUT2D eigenvalue weighted by molar-refractivity contribution is 0.240. The van der Waals surface area contributed by atoms with Gasteiger partial charge < -0.3 is 19.7 Å². The van der Waals surface area contributed by atoms with Crippen LogP contribution < -0.4 is 15.1 Å². The minimum Gasteiger partial charge on any atom is -0.368 e. The molecular formula is C23H29N5O2S. The monoisotopic (exact) mass is 439 g/mol. The summed E-state index contributed by atoms with van der Waals surface area (Å²) in [5.41, 5.74) is 2.03. The molecule has 3 aromatic rings. The van der Waals surface area contributed by atoms with Crippen molar-refractivity contribution in [1.29, 1.82) is 0 Å². The Morgan fingerprint density at radius 3 is 2.45 bits per heavy atom. The Kier molecular flexibility index (Phi) is 5.14. The summed E-state index contributed by atoms with van der Waals surface area (Å²) in [6.45, 7) is 3.38. The van der Waals surface area contributed by atoms with E-state index in [1.807, 2.05) is 19.2 Å². The average molecular weight is 440 g/mol. The molecule has 5 rings (SSSR count). The van der Waals surface area contributed by atoms with Crippen molar-refractivity contribution in [2.45, 2.75) is 29.8 Å². The second kappa shape index (κ2) is 7.84. The zero-order chi connectivity index (χ0) is 21.6. The lowest BCUT2D eigenvalue weighted by Gasteiger charge is -2.37. The maximum Gasteiger partial charge on any atom is 0.175 e. The molecular weight excluding hydrogens is 410 g/mol. The molecule has 0 radical (unpaired) electrons. The van der Waals surface area contributed by atoms with Crippen LogP contribution in [-0.4, -0.2) is 63.5 Å². The van der Waals surface area contributed by atoms with Crippen molar-refractivity contribution in [3.05, 3.63) is 48.7 Å². The Morgan fingerprint density at radius 1 is 1.00 bits per heavy atom. The summed E-state index contributed by atoms with van der Waals surface area (Å²) in [6.07, 6.45) is 5.73. The van der Waals surface area contributed by atoms with Crippen molar-refractivity contribution >= 4 is 32.4 Å². The fourth-order valence-corrected chi connectivity index (χ4v) is 5.30. The summed E-state index contributed by atoms with van der Waals surface area (Å²) < 4.78 is 26.1. The quantitative estimate of drug-likeness (QED) is 0.659. The van der Waals surface area contributed by atoms with Crippen molar-refractivity contribution in [2.75, 3.05) is 49.3 Å². The van der Waals surface area contributed by atoms with Crippen molar-refractivity contribution in [3.8, 4) is 0 Å². The van der Waals surface area contributed by atoms with Crippen molar-refractivity contribution < 1.29 is 8.42 Å². The summed E-state index contributed by atoms with van der Waals surface area (Å²) in [5.74, 6) is 1.02. The van der Waals surface area contributed by atoms with Gasteiger partial charge in [-0.1, -0.05) is 6.07 Å². The largest absolute Gasteiger partial charge is 0.368 e. The molecule has 0 spiro atoms. The van der Waals surface area contributed by atoms with Crippen molar-refractivity contribution in [2.24, 2.45) is 0 Å². The first-order valence-electron chi connectivity index (χ1n) is 10.9. The molecule has 2 aliphatic rings. The van der Waals surface area contributed by atoms with Gasteiger partial charge in [-0.2, -0.15) is 0 Å². The molecule has 0 bridgehead atoms. The van der Waals surface area contributed by atoms with Gasteiger partial charge in [0.15, 0.2) is 9.84 Å². The Labute approximate surface area is 183 Å². The topological polar surface area (TPSA) is 70.5 Å². The molecule has 1 aromatic carbocycles. The normalized spacial score (nSPS) is 22.0. The number of nitrogens with zero attached hydrogens (tertiary/aromatic N) is 4. The number of fused-ring (bicyclic) bond motifs is 1. The van der Waals surface area contributed by atoms with E-state index in [2.05, 4.69) is 44.1 Å². The third-order valence-corrected chi connectivity index (χ3v) is 7.79. The predicted octanol–water partition coefficient (Wildman–Crippen LogP) is 2.69. The van der Waals surface area contributed by atoms with Crippen LogP contribution in [-0.2, 0) is 9.84 Å². The lowest BCUT2D eigenvalue weighted by Crippen LogP contribution is -2.46. The number of nitrogens with one attached hydrogen (secondary N) is 1. The zero-order valence-electron chi connectivity index (χ0n) is 18.0. The minimum absolute atomic E-state index is 0.372. The van der Waals surface area contributed by atoms with Gasteiger partial charge in [-0.05, 0) is 56.3 Å². The van der Waals surface area contributed by atoms with E-state index in [4.69, 9.17) is 4.98 Å². The number of benzene rings is 1. The molecule has 1 aliphatic heterocycles. The minimum atomic E-state index is -3.20. The summed E-state index contributed by atoms with van der Waals surface area (Å²) >= 11 is 0. The van der Waals surface area contributed by atoms with E-state index >= 15 is 0 Å². The zero-order valence-corrected chi connectivity index (χ0v) is 18.8. The van der Waals surface area contributed by atoms with Crippen LogP contribution in [0.5, 0.6) is 0 Å². The molecule has 7 nitrogen and oxygen atoms in total. The first-order chi connectivity index (χ1) is 14.9. The van der Waals surface area contributed by atoms with Crippen LogP contribution in [0, 0.1) is 0 Å². The highest BCUT2D eigenvalue weighted by Gasteiger charge is 2.30. The molecule has 31 heavy (non-hydrogen) atoms. The van der Waals surface area contributed by atoms with Gasteiger partial charge in [0.05, 0.1) is 4.90 Å². The van der Waals surface area contributed by atoms with Crippen LogP contribution in [0.4, 0.5) is 11.5 Å². The number of hydrogen-bond donors (Lipinski definition) is 1. The molecule has 8 heteroatoms. The maximum atomic E-state index is 11.9. The smallest absolute Gasteiger partial charge is 0.175 e. The molecule has 2 aromatic heterocycles. The number of rotatable bonds is 5. The summed E-state index contributed by atoms with van der Waals surface area (Å²) in [5, 5.41) is 4.54. The van der Waals surface area contributed by atoms with E-state index < -0.39 is 9.84 Å². The van der Waals surface area contributed by atoms with Crippen LogP contribution in [0.1, 0.15) is 18.9 Å². The highest BCUT2D eigenvalue weighted by Crippen LogP contribution is 2.35. The summed E-state index contributed by atoms with van der Waals surface area (Å²) in [6, 6.07) is 14.8. The summed E-state index contributed by atoms with van der Waals surface area (Å²) in [7, 11) is -1.17. The van der Waals surface area contributed by atoms with E-state index in [1.165, 1.54) is 11.6 Å². The third-order valence-electron chi connectivity index (χ3n) is 6.68. The molecule has 0 unspecified atom stereocenters. The number of hydrogen-bond acceptors (Lipinski definition) is 6. The van der Waals surface area contributed by atoms with Gasteiger partial charge in [-0.15, -0.1) is 0 Å². The van der Waals surface area contributed by atoms with Gasteiger partial charge in [-0.25, -0.2) is 13.4 Å². The molecule has 164 valence electrons. The van der Waals surface area contributed by atoms with Gasteiger partial charge in [-0.3, -0.25) is 0 Å². The Morgan fingerprint density at radius 2 is 1.74 bits per heavy atom. The molecule has 1 saturated heterocycles. The Hall–Kier alpha value is -2.58. The average Bonchev–Trinajstić information content (AvgIpc) is 3.16. The van der Waals surface area contributed by atoms with Gasteiger partial charge in [0, 0.05) is 61.8 Å². The molecule has 1 saturated carbocycles. The van der Waals surface area contributed by atoms with Gasteiger partial charge in [0.25, 0.3) is 0 Å². The SMILES string of the molecule is CN[C@H]1C[C@H](n2ccc3ccc(N4CCN(c5cccc(S(C)(=O)=O)c5)CC4)nc32)C1. The molecule has 1 N–H and O–H groups in total. The summed E-state index contributed by atoms with van der Waals surface area (Å²) in [4.78, 5) is 9.97. The van der Waals surface area contributed by atoms with Gasteiger partial charge in [0.2, 0.25) is 0 Å². The first-order valence-corrected chi connectivity index (χ1v) is 12.8. The van der Waals surface area contributed by atoms with E-state index in [9.17, 15) is 8.42 Å². The predicted molar refractivity (Wildman–Crippen MR) is 125 cm³/mol. The fraction of sp³-hybridized carbons (Fsp3) is 0.435. The Bertz CT molecular complexity index is 1190. The highest BCUT2D eigenvalue weighted by molar-refractivity contribution is 7.90. The molecule has 1 aliphatic carbocycles. The fourth-order valence-electron chi connectivity index (χ4n) is 4.64. The second-order valence-electron chi connectivity index (χ2n) is 8.66. The number of sulfone groups is 1. The molecule has 0 amide bonds. The number of aromatic nitrogens is 2. The van der Waals surface area contributed by atoms with E-state index in [-0.39, 0.29) is 0 Å². The van der Waals surface area contributed by atoms with Crippen LogP contribution in [0.3, 0.4) is 0 Å². The second-order valence-corrected chi connectivity index (χ2v) is 10.7. The van der Waals surface area contributed by atoms with Crippen LogP contribution in [0.25, 0.3) is 11.0 Å². The van der Waals surface area contributed by atoms with Crippen LogP contribution in [0.15, 0.2) is 53.6 Å². The number of anilines is 2. The molecule has 3 heterocycles.